The van der Waals surface area contributed by atoms with Gasteiger partial charge in [0.15, 0.2) is 11.0 Å². The fraction of sp³-hybridized carbons (Fsp3) is 0.400. The lowest BCUT2D eigenvalue weighted by Crippen LogP contribution is -2.28. The average molecular weight is 271 g/mol. The van der Waals surface area contributed by atoms with Gasteiger partial charge in [0.1, 0.15) is 12.0 Å². The fourth-order valence-electron chi connectivity index (χ4n) is 1.82. The summed E-state index contributed by atoms with van der Waals surface area (Å²) in [5, 5.41) is 0.0781. The Morgan fingerprint density at radius 3 is 3.00 bits per heavy atom. The smallest absolute Gasteiger partial charge is 0.311 e. The van der Waals surface area contributed by atoms with Crippen LogP contribution in [0.25, 0.3) is 0 Å². The minimum atomic E-state index is -0.504. The number of nitrogens with zero attached hydrogens (tertiary/aromatic N) is 3. The summed E-state index contributed by atoms with van der Waals surface area (Å²) in [5.74, 6) is -0.946. The molecule has 0 saturated carbocycles. The molecular formula is C10H11ClN4O3. The number of hydrogen-bond acceptors (Lipinski definition) is 6. The molecule has 1 fully saturated rings. The number of nitrogen functional groups attached to an aromatic ring is 1. The van der Waals surface area contributed by atoms with Crippen molar-refractivity contribution < 1.29 is 14.3 Å². The van der Waals surface area contributed by atoms with Crippen LogP contribution in [0.2, 0.25) is 5.15 Å². The fourth-order valence-corrected chi connectivity index (χ4v) is 1.95. The van der Waals surface area contributed by atoms with E-state index in [0.29, 0.717) is 0 Å². The number of rotatable bonds is 2. The van der Waals surface area contributed by atoms with Crippen LogP contribution in [0.4, 0.5) is 11.5 Å². The number of amides is 1. The predicted molar refractivity (Wildman–Crippen MR) is 63.9 cm³/mol. The summed E-state index contributed by atoms with van der Waals surface area (Å²) in [4.78, 5) is 32.2. The van der Waals surface area contributed by atoms with E-state index in [1.807, 2.05) is 0 Å². The monoisotopic (exact) mass is 270 g/mol. The van der Waals surface area contributed by atoms with E-state index in [4.69, 9.17) is 17.3 Å². The van der Waals surface area contributed by atoms with Crippen LogP contribution in [-0.4, -0.2) is 35.5 Å². The number of aromatic nitrogens is 2. The van der Waals surface area contributed by atoms with Crippen molar-refractivity contribution >= 4 is 35.0 Å². The SMILES string of the molecule is COC(=O)C1CC(=O)N(c2ncnc(Cl)c2N)C1. The highest BCUT2D eigenvalue weighted by Gasteiger charge is 2.37. The van der Waals surface area contributed by atoms with E-state index in [9.17, 15) is 9.59 Å². The molecule has 2 heterocycles. The second kappa shape index (κ2) is 4.77. The van der Waals surface area contributed by atoms with Gasteiger partial charge in [0.25, 0.3) is 0 Å². The van der Waals surface area contributed by atoms with E-state index in [-0.39, 0.29) is 35.5 Å². The maximum Gasteiger partial charge on any atom is 0.311 e. The molecule has 18 heavy (non-hydrogen) atoms. The van der Waals surface area contributed by atoms with Gasteiger partial charge in [-0.3, -0.25) is 14.5 Å². The number of ether oxygens (including phenoxy) is 1. The first-order valence-corrected chi connectivity index (χ1v) is 5.56. The Bertz CT molecular complexity index is 508. The number of halogens is 1. The molecule has 1 aliphatic heterocycles. The van der Waals surface area contributed by atoms with Crippen LogP contribution in [0.15, 0.2) is 6.33 Å². The van der Waals surface area contributed by atoms with Gasteiger partial charge < -0.3 is 10.5 Å². The first-order chi connectivity index (χ1) is 8.54. The van der Waals surface area contributed by atoms with Crippen LogP contribution >= 0.6 is 11.6 Å². The summed E-state index contributed by atoms with van der Waals surface area (Å²) in [5.41, 5.74) is 5.83. The highest BCUT2D eigenvalue weighted by Crippen LogP contribution is 2.31. The molecule has 7 nitrogen and oxygen atoms in total. The number of carbonyl (C=O) groups is 2. The normalized spacial score (nSPS) is 19.1. The molecule has 0 spiro atoms. The summed E-state index contributed by atoms with van der Waals surface area (Å²) in [6.45, 7) is 0.184. The second-order valence-electron chi connectivity index (χ2n) is 3.83. The topological polar surface area (TPSA) is 98.4 Å². The maximum atomic E-state index is 11.8. The number of methoxy groups -OCH3 is 1. The molecule has 1 amide bonds. The quantitative estimate of drug-likeness (QED) is 0.610. The molecule has 1 aromatic rings. The zero-order chi connectivity index (χ0) is 13.3. The van der Waals surface area contributed by atoms with Crippen LogP contribution in [0.5, 0.6) is 0 Å². The summed E-state index contributed by atoms with van der Waals surface area (Å²) in [6, 6.07) is 0. The number of anilines is 2. The Balaban J connectivity index is 2.27. The zero-order valence-corrected chi connectivity index (χ0v) is 10.3. The van der Waals surface area contributed by atoms with Crippen molar-refractivity contribution in [1.29, 1.82) is 0 Å². The second-order valence-corrected chi connectivity index (χ2v) is 4.19. The molecule has 0 bridgehead atoms. The van der Waals surface area contributed by atoms with Gasteiger partial charge in [-0.05, 0) is 0 Å². The minimum Gasteiger partial charge on any atom is -0.469 e. The molecule has 1 atom stereocenters. The van der Waals surface area contributed by atoms with Crippen LogP contribution < -0.4 is 10.6 Å². The molecule has 1 unspecified atom stereocenters. The van der Waals surface area contributed by atoms with Crippen molar-refractivity contribution in [3.63, 3.8) is 0 Å². The van der Waals surface area contributed by atoms with Crippen LogP contribution in [0.1, 0.15) is 6.42 Å². The summed E-state index contributed by atoms with van der Waals surface area (Å²) < 4.78 is 4.61. The van der Waals surface area contributed by atoms with E-state index in [0.717, 1.165) is 0 Å². The lowest BCUT2D eigenvalue weighted by Gasteiger charge is -2.16. The molecule has 2 rings (SSSR count). The van der Waals surface area contributed by atoms with E-state index in [1.54, 1.807) is 0 Å². The first-order valence-electron chi connectivity index (χ1n) is 5.18. The third-order valence-corrected chi connectivity index (χ3v) is 3.03. The van der Waals surface area contributed by atoms with Gasteiger partial charge in [-0.25, -0.2) is 9.97 Å². The summed E-state index contributed by atoms with van der Waals surface area (Å²) in [7, 11) is 1.28. The first kappa shape index (κ1) is 12.6. The highest BCUT2D eigenvalue weighted by molar-refractivity contribution is 6.32. The van der Waals surface area contributed by atoms with E-state index >= 15 is 0 Å². The van der Waals surface area contributed by atoms with Gasteiger partial charge in [-0.1, -0.05) is 11.6 Å². The largest absolute Gasteiger partial charge is 0.469 e. The van der Waals surface area contributed by atoms with Gasteiger partial charge >= 0.3 is 5.97 Å². The standard InChI is InChI=1S/C10H11ClN4O3/c1-18-10(17)5-2-6(16)15(3-5)9-7(12)8(11)13-4-14-9/h4-5H,2-3,12H2,1H3. The maximum absolute atomic E-state index is 11.8. The Kier molecular flexibility index (Phi) is 3.33. The average Bonchev–Trinajstić information content (AvgIpc) is 2.74. The van der Waals surface area contributed by atoms with E-state index in [2.05, 4.69) is 14.7 Å². The number of hydrogen-bond donors (Lipinski definition) is 1. The van der Waals surface area contributed by atoms with Crippen molar-refractivity contribution in [2.24, 2.45) is 5.92 Å². The van der Waals surface area contributed by atoms with E-state index in [1.165, 1.54) is 18.3 Å². The number of carbonyl (C=O) groups excluding carboxylic acids is 2. The van der Waals surface area contributed by atoms with Crippen molar-refractivity contribution in [2.75, 3.05) is 24.3 Å². The lowest BCUT2D eigenvalue weighted by atomic mass is 10.1. The van der Waals surface area contributed by atoms with Crippen molar-refractivity contribution in [1.82, 2.24) is 9.97 Å². The Hall–Kier alpha value is -1.89. The van der Waals surface area contributed by atoms with Crippen molar-refractivity contribution in [2.45, 2.75) is 6.42 Å². The molecule has 96 valence electrons. The van der Waals surface area contributed by atoms with Gasteiger partial charge in [0, 0.05) is 13.0 Å². The number of esters is 1. The lowest BCUT2D eigenvalue weighted by molar-refractivity contribution is -0.145. The molecule has 0 radical (unpaired) electrons. The number of nitrogens with two attached hydrogens (primary N) is 1. The van der Waals surface area contributed by atoms with Crippen LogP contribution in [0, 0.1) is 5.92 Å². The molecule has 8 heteroatoms. The predicted octanol–water partition coefficient (Wildman–Crippen LogP) is 0.238. The molecule has 0 aromatic carbocycles. The molecule has 0 aliphatic carbocycles. The van der Waals surface area contributed by atoms with Crippen LogP contribution in [0.3, 0.4) is 0 Å². The van der Waals surface area contributed by atoms with Gasteiger partial charge in [0.2, 0.25) is 5.91 Å². The van der Waals surface area contributed by atoms with Crippen LogP contribution in [-0.2, 0) is 14.3 Å². The molecule has 2 N–H and O–H groups in total. The van der Waals surface area contributed by atoms with Crippen molar-refractivity contribution in [3.05, 3.63) is 11.5 Å². The Morgan fingerprint density at radius 2 is 2.33 bits per heavy atom. The third-order valence-electron chi connectivity index (χ3n) is 2.73. The zero-order valence-electron chi connectivity index (χ0n) is 9.59. The minimum absolute atomic E-state index is 0.0771. The molecule has 1 aromatic heterocycles. The van der Waals surface area contributed by atoms with Gasteiger partial charge in [0.05, 0.1) is 13.0 Å². The molecule has 1 aliphatic rings. The molecular weight excluding hydrogens is 260 g/mol. The highest BCUT2D eigenvalue weighted by atomic mass is 35.5. The van der Waals surface area contributed by atoms with Crippen molar-refractivity contribution in [3.8, 4) is 0 Å². The Labute approximate surface area is 108 Å². The van der Waals surface area contributed by atoms with Gasteiger partial charge in [-0.15, -0.1) is 0 Å². The summed E-state index contributed by atoms with van der Waals surface area (Å²) in [6.07, 6.45) is 1.29. The Morgan fingerprint density at radius 1 is 1.61 bits per heavy atom. The third kappa shape index (κ3) is 2.08. The van der Waals surface area contributed by atoms with Gasteiger partial charge in [-0.2, -0.15) is 0 Å². The summed E-state index contributed by atoms with van der Waals surface area (Å²) >= 11 is 5.76. The molecule has 1 saturated heterocycles. The van der Waals surface area contributed by atoms with E-state index < -0.39 is 11.9 Å².